The first-order chi connectivity index (χ1) is 14.4. The van der Waals surface area contributed by atoms with Crippen LogP contribution in [0.15, 0.2) is 64.5 Å². The molecule has 30 heavy (non-hydrogen) atoms. The van der Waals surface area contributed by atoms with Crippen molar-refractivity contribution in [1.29, 1.82) is 0 Å². The molecule has 0 saturated carbocycles. The third-order valence-corrected chi connectivity index (χ3v) is 6.21. The summed E-state index contributed by atoms with van der Waals surface area (Å²) in [7, 11) is 0. The van der Waals surface area contributed by atoms with Gasteiger partial charge in [-0.1, -0.05) is 61.2 Å². The normalized spacial score (nSPS) is 12.3. The molecule has 0 radical (unpaired) electrons. The van der Waals surface area contributed by atoms with E-state index >= 15 is 0 Å². The van der Waals surface area contributed by atoms with Gasteiger partial charge in [-0.05, 0) is 44.9 Å². The number of nitrogens with zero attached hydrogens (tertiary/aromatic N) is 3. The molecule has 0 bridgehead atoms. The van der Waals surface area contributed by atoms with Crippen molar-refractivity contribution < 1.29 is 4.79 Å². The number of amides is 1. The topological polar surface area (TPSA) is 55.2 Å². The molecule has 2 aromatic carbocycles. The molecule has 0 aliphatic rings. The zero-order chi connectivity index (χ0) is 21.7. The number of benzene rings is 2. The molecule has 6 heteroatoms. The summed E-state index contributed by atoms with van der Waals surface area (Å²) in [6.07, 6.45) is 0.813. The molecule has 1 heterocycles. The Morgan fingerprint density at radius 1 is 1.07 bits per heavy atom. The minimum absolute atomic E-state index is 0.0118. The van der Waals surface area contributed by atoms with E-state index in [2.05, 4.69) is 0 Å². The zero-order valence-corrected chi connectivity index (χ0v) is 18.9. The van der Waals surface area contributed by atoms with Crippen LogP contribution < -0.4 is 5.56 Å². The van der Waals surface area contributed by atoms with Gasteiger partial charge in [0.15, 0.2) is 5.16 Å². The maximum absolute atomic E-state index is 13.1. The Kier molecular flexibility index (Phi) is 7.32. The van der Waals surface area contributed by atoms with Crippen molar-refractivity contribution in [3.8, 4) is 0 Å². The number of hydrogen-bond acceptors (Lipinski definition) is 4. The number of thioether (sulfide) groups is 1. The van der Waals surface area contributed by atoms with Crippen LogP contribution in [0.3, 0.4) is 0 Å². The van der Waals surface area contributed by atoms with Crippen LogP contribution in [-0.4, -0.2) is 32.2 Å². The van der Waals surface area contributed by atoms with Crippen molar-refractivity contribution in [2.45, 2.75) is 57.9 Å². The van der Waals surface area contributed by atoms with Crippen LogP contribution in [0.25, 0.3) is 10.9 Å². The van der Waals surface area contributed by atoms with E-state index in [9.17, 15) is 9.59 Å². The van der Waals surface area contributed by atoms with E-state index in [1.807, 2.05) is 87.2 Å². The Balaban J connectivity index is 1.86. The number of rotatable bonds is 8. The lowest BCUT2D eigenvalue weighted by atomic mass is 10.2. The van der Waals surface area contributed by atoms with E-state index in [1.165, 1.54) is 11.8 Å². The van der Waals surface area contributed by atoms with Gasteiger partial charge in [0.2, 0.25) is 5.91 Å². The van der Waals surface area contributed by atoms with Crippen molar-refractivity contribution in [1.82, 2.24) is 14.5 Å². The quantitative estimate of drug-likeness (QED) is 0.382. The van der Waals surface area contributed by atoms with Crippen molar-refractivity contribution >= 4 is 28.6 Å². The molecule has 0 N–H and O–H groups in total. The van der Waals surface area contributed by atoms with E-state index < -0.39 is 0 Å². The third kappa shape index (κ3) is 4.93. The summed E-state index contributed by atoms with van der Waals surface area (Å²) in [5, 5.41) is 1.21. The first-order valence-corrected chi connectivity index (χ1v) is 11.4. The fraction of sp³-hybridized carbons (Fsp3) is 0.375. The monoisotopic (exact) mass is 423 g/mol. The molecule has 158 valence electrons. The van der Waals surface area contributed by atoms with Gasteiger partial charge in [-0.3, -0.25) is 14.2 Å². The molecule has 1 amide bonds. The minimum Gasteiger partial charge on any atom is -0.335 e. The number of carbonyl (C=O) groups excluding carboxylic acids is 1. The van der Waals surface area contributed by atoms with E-state index in [0.29, 0.717) is 22.6 Å². The second kappa shape index (κ2) is 9.94. The van der Waals surface area contributed by atoms with Crippen molar-refractivity contribution in [3.05, 3.63) is 70.5 Å². The maximum atomic E-state index is 13.1. The van der Waals surface area contributed by atoms with Gasteiger partial charge in [-0.25, -0.2) is 4.98 Å². The Morgan fingerprint density at radius 3 is 2.40 bits per heavy atom. The van der Waals surface area contributed by atoms with E-state index in [4.69, 9.17) is 4.98 Å². The summed E-state index contributed by atoms with van der Waals surface area (Å²) >= 11 is 1.34. The molecule has 0 aliphatic carbocycles. The highest BCUT2D eigenvalue weighted by Gasteiger charge is 2.20. The van der Waals surface area contributed by atoms with Gasteiger partial charge < -0.3 is 4.90 Å². The van der Waals surface area contributed by atoms with Gasteiger partial charge >= 0.3 is 0 Å². The maximum Gasteiger partial charge on any atom is 0.262 e. The molecule has 3 rings (SSSR count). The second-order valence-corrected chi connectivity index (χ2v) is 8.68. The van der Waals surface area contributed by atoms with Gasteiger partial charge in [0.25, 0.3) is 5.56 Å². The molecule has 5 nitrogen and oxygen atoms in total. The Morgan fingerprint density at radius 2 is 1.73 bits per heavy atom. The van der Waals surface area contributed by atoms with E-state index in [-0.39, 0.29) is 29.3 Å². The lowest BCUT2D eigenvalue weighted by Crippen LogP contribution is -2.37. The van der Waals surface area contributed by atoms with E-state index in [0.717, 1.165) is 12.0 Å². The van der Waals surface area contributed by atoms with Crippen LogP contribution in [0.5, 0.6) is 0 Å². The molecule has 0 saturated heterocycles. The SMILES string of the molecule is CC[C@H](C)n1c(SCC(=O)N(Cc2ccccc2)C(C)C)nc2ccccc2c1=O. The van der Waals surface area contributed by atoms with Crippen molar-refractivity contribution in [2.24, 2.45) is 0 Å². The summed E-state index contributed by atoms with van der Waals surface area (Å²) in [4.78, 5) is 32.7. The van der Waals surface area contributed by atoms with Crippen LogP contribution in [0, 0.1) is 0 Å². The number of para-hydroxylation sites is 1. The predicted octanol–water partition coefficient (Wildman–Crippen LogP) is 4.90. The predicted molar refractivity (Wildman–Crippen MR) is 124 cm³/mol. The Bertz CT molecular complexity index is 1060. The van der Waals surface area contributed by atoms with Gasteiger partial charge in [0.05, 0.1) is 16.7 Å². The van der Waals surface area contributed by atoms with Crippen LogP contribution in [0.1, 0.15) is 45.7 Å². The second-order valence-electron chi connectivity index (χ2n) is 7.73. The molecule has 0 aliphatic heterocycles. The zero-order valence-electron chi connectivity index (χ0n) is 18.0. The highest BCUT2D eigenvalue weighted by atomic mass is 32.2. The van der Waals surface area contributed by atoms with Gasteiger partial charge in [-0.15, -0.1) is 0 Å². The first-order valence-electron chi connectivity index (χ1n) is 10.4. The number of aromatic nitrogens is 2. The van der Waals surface area contributed by atoms with Crippen molar-refractivity contribution in [2.75, 3.05) is 5.75 Å². The smallest absolute Gasteiger partial charge is 0.262 e. The molecule has 0 fully saturated rings. The van der Waals surface area contributed by atoms with Crippen molar-refractivity contribution in [3.63, 3.8) is 0 Å². The molecular weight excluding hydrogens is 394 g/mol. The summed E-state index contributed by atoms with van der Waals surface area (Å²) in [6, 6.07) is 17.5. The number of carbonyl (C=O) groups is 1. The van der Waals surface area contributed by atoms with Gasteiger partial charge in [0.1, 0.15) is 0 Å². The molecule has 0 unspecified atom stereocenters. The average molecular weight is 424 g/mol. The highest BCUT2D eigenvalue weighted by Crippen LogP contribution is 2.23. The first kappa shape index (κ1) is 22.1. The molecule has 3 aromatic rings. The lowest BCUT2D eigenvalue weighted by Gasteiger charge is -2.27. The fourth-order valence-corrected chi connectivity index (χ4v) is 4.33. The molecule has 1 aromatic heterocycles. The standard InChI is InChI=1S/C24H29N3O2S/c1-5-18(4)27-23(29)20-13-9-10-14-21(20)25-24(27)30-16-22(28)26(17(2)3)15-19-11-7-6-8-12-19/h6-14,17-18H,5,15-16H2,1-4H3/t18-/m0/s1. The Labute approximate surface area is 182 Å². The highest BCUT2D eigenvalue weighted by molar-refractivity contribution is 7.99. The largest absolute Gasteiger partial charge is 0.335 e. The average Bonchev–Trinajstić information content (AvgIpc) is 2.76. The van der Waals surface area contributed by atoms with Crippen LogP contribution in [0.2, 0.25) is 0 Å². The molecule has 0 spiro atoms. The van der Waals surface area contributed by atoms with Crippen LogP contribution in [-0.2, 0) is 11.3 Å². The molecule has 1 atom stereocenters. The summed E-state index contributed by atoms with van der Waals surface area (Å²) in [6.45, 7) is 8.68. The summed E-state index contributed by atoms with van der Waals surface area (Å²) in [5.41, 5.74) is 1.72. The molecular formula is C24H29N3O2S. The number of hydrogen-bond donors (Lipinski definition) is 0. The lowest BCUT2D eigenvalue weighted by molar-refractivity contribution is -0.130. The summed E-state index contributed by atoms with van der Waals surface area (Å²) < 4.78 is 1.73. The number of fused-ring (bicyclic) bond motifs is 1. The summed E-state index contributed by atoms with van der Waals surface area (Å²) in [5.74, 6) is 0.281. The third-order valence-electron chi connectivity index (χ3n) is 5.27. The van der Waals surface area contributed by atoms with Crippen LogP contribution in [0.4, 0.5) is 0 Å². The van der Waals surface area contributed by atoms with Gasteiger partial charge in [0, 0.05) is 18.6 Å². The minimum atomic E-state index is -0.0464. The fourth-order valence-electron chi connectivity index (χ4n) is 3.35. The van der Waals surface area contributed by atoms with Gasteiger partial charge in [-0.2, -0.15) is 0 Å². The Hall–Kier alpha value is -2.60. The van der Waals surface area contributed by atoms with Crippen LogP contribution >= 0.6 is 11.8 Å². The van der Waals surface area contributed by atoms with E-state index in [1.54, 1.807) is 4.57 Å².